The maximum absolute atomic E-state index is 11.9. The standard InChI is InChI=1S/C15H12Cl2N2O2S/c1-8-14(9(2)20)22-15(18-8)19-13(21)6-4-10-3-5-11(16)12(17)7-10/h3-7H,1-2H3,(H,18,19,21). The van der Waals surface area contributed by atoms with Gasteiger partial charge in [0.2, 0.25) is 5.91 Å². The Balaban J connectivity index is 2.06. The highest BCUT2D eigenvalue weighted by Gasteiger charge is 2.12. The lowest BCUT2D eigenvalue weighted by molar-refractivity contribution is -0.111. The molecule has 0 saturated heterocycles. The molecule has 1 N–H and O–H groups in total. The molecule has 1 amide bonds. The normalized spacial score (nSPS) is 10.9. The molecule has 0 radical (unpaired) electrons. The molecule has 1 aromatic heterocycles. The average Bonchev–Trinajstić information content (AvgIpc) is 2.81. The van der Waals surface area contributed by atoms with Crippen molar-refractivity contribution in [3.63, 3.8) is 0 Å². The molecule has 4 nitrogen and oxygen atoms in total. The first kappa shape index (κ1) is 16.7. The first-order valence-corrected chi connectivity index (χ1v) is 7.86. The zero-order chi connectivity index (χ0) is 16.3. The first-order valence-electron chi connectivity index (χ1n) is 6.29. The Morgan fingerprint density at radius 3 is 2.59 bits per heavy atom. The SMILES string of the molecule is CC(=O)c1sc(NC(=O)C=Cc2ccc(Cl)c(Cl)c2)nc1C. The predicted molar refractivity (Wildman–Crippen MR) is 91.0 cm³/mol. The van der Waals surface area contributed by atoms with Crippen LogP contribution in [0.1, 0.15) is 27.9 Å². The molecule has 0 saturated carbocycles. The van der Waals surface area contributed by atoms with E-state index in [1.54, 1.807) is 31.2 Å². The Labute approximate surface area is 141 Å². The Morgan fingerprint density at radius 2 is 2.00 bits per heavy atom. The minimum absolute atomic E-state index is 0.0677. The van der Waals surface area contributed by atoms with Crippen LogP contribution in [0.5, 0.6) is 0 Å². The number of ketones is 1. The van der Waals surface area contributed by atoms with Gasteiger partial charge in [-0.15, -0.1) is 0 Å². The van der Waals surface area contributed by atoms with Crippen molar-refractivity contribution in [1.82, 2.24) is 4.98 Å². The molecule has 114 valence electrons. The van der Waals surface area contributed by atoms with Crippen LogP contribution in [0.3, 0.4) is 0 Å². The summed E-state index contributed by atoms with van der Waals surface area (Å²) in [5.74, 6) is -0.406. The summed E-state index contributed by atoms with van der Waals surface area (Å²) in [4.78, 5) is 27.9. The van der Waals surface area contributed by atoms with Crippen LogP contribution in [-0.2, 0) is 4.79 Å². The molecule has 0 aliphatic carbocycles. The summed E-state index contributed by atoms with van der Waals surface area (Å²) in [5, 5.41) is 3.90. The Hall–Kier alpha value is -1.69. The molecular formula is C15H12Cl2N2O2S. The Bertz CT molecular complexity index is 769. The maximum Gasteiger partial charge on any atom is 0.250 e. The third-order valence-corrected chi connectivity index (χ3v) is 4.63. The van der Waals surface area contributed by atoms with Gasteiger partial charge in [0.25, 0.3) is 0 Å². The fourth-order valence-electron chi connectivity index (χ4n) is 1.71. The zero-order valence-electron chi connectivity index (χ0n) is 11.8. The van der Waals surface area contributed by atoms with Crippen molar-refractivity contribution in [3.8, 4) is 0 Å². The monoisotopic (exact) mass is 354 g/mol. The summed E-state index contributed by atoms with van der Waals surface area (Å²) in [5.41, 5.74) is 1.37. The quantitative estimate of drug-likeness (QED) is 0.643. The number of amides is 1. The molecule has 7 heteroatoms. The molecule has 0 atom stereocenters. The number of benzene rings is 1. The molecule has 2 rings (SSSR count). The van der Waals surface area contributed by atoms with E-state index in [1.807, 2.05) is 0 Å². The highest BCUT2D eigenvalue weighted by molar-refractivity contribution is 7.17. The molecule has 2 aromatic rings. The van der Waals surface area contributed by atoms with Gasteiger partial charge in [-0.25, -0.2) is 4.98 Å². The lowest BCUT2D eigenvalue weighted by atomic mass is 10.2. The molecule has 1 heterocycles. The van der Waals surface area contributed by atoms with Gasteiger partial charge in [0, 0.05) is 13.0 Å². The summed E-state index contributed by atoms with van der Waals surface area (Å²) >= 11 is 12.9. The van der Waals surface area contributed by atoms with Crippen LogP contribution in [0, 0.1) is 6.92 Å². The summed E-state index contributed by atoms with van der Waals surface area (Å²) in [6, 6.07) is 5.07. The van der Waals surface area contributed by atoms with E-state index >= 15 is 0 Å². The van der Waals surface area contributed by atoms with Crippen molar-refractivity contribution in [1.29, 1.82) is 0 Å². The number of hydrogen-bond donors (Lipinski definition) is 1. The number of aryl methyl sites for hydroxylation is 1. The van der Waals surface area contributed by atoms with Gasteiger partial charge in [-0.2, -0.15) is 0 Å². The molecule has 0 aliphatic heterocycles. The molecule has 0 unspecified atom stereocenters. The van der Waals surface area contributed by atoms with Crippen LogP contribution in [0.2, 0.25) is 10.0 Å². The van der Waals surface area contributed by atoms with E-state index in [4.69, 9.17) is 23.2 Å². The lowest BCUT2D eigenvalue weighted by Crippen LogP contribution is -2.07. The number of halogens is 2. The second-order valence-electron chi connectivity index (χ2n) is 4.49. The fraction of sp³-hybridized carbons (Fsp3) is 0.133. The van der Waals surface area contributed by atoms with Gasteiger partial charge < -0.3 is 0 Å². The summed E-state index contributed by atoms with van der Waals surface area (Å²) in [7, 11) is 0. The van der Waals surface area contributed by atoms with Crippen molar-refractivity contribution in [2.75, 3.05) is 5.32 Å². The maximum atomic E-state index is 11.9. The number of Topliss-reactive ketones (excluding diaryl/α,β-unsaturated/α-hetero) is 1. The Kier molecular flexibility index (Phi) is 5.34. The van der Waals surface area contributed by atoms with E-state index in [-0.39, 0.29) is 11.7 Å². The number of rotatable bonds is 4. The van der Waals surface area contributed by atoms with Crippen molar-refractivity contribution in [2.24, 2.45) is 0 Å². The van der Waals surface area contributed by atoms with Gasteiger partial charge in [0.1, 0.15) is 0 Å². The number of nitrogens with one attached hydrogen (secondary N) is 1. The molecule has 0 fully saturated rings. The highest BCUT2D eigenvalue weighted by atomic mass is 35.5. The number of aromatic nitrogens is 1. The number of thiazole rings is 1. The van der Waals surface area contributed by atoms with Gasteiger partial charge in [-0.05, 0) is 30.7 Å². The molecule has 0 spiro atoms. The first-order chi connectivity index (χ1) is 10.4. The Morgan fingerprint density at radius 1 is 1.27 bits per heavy atom. The van der Waals surface area contributed by atoms with Gasteiger partial charge in [0.05, 0.1) is 20.6 Å². The fourth-order valence-corrected chi connectivity index (χ4v) is 2.88. The summed E-state index contributed by atoms with van der Waals surface area (Å²) < 4.78 is 0. The number of carbonyl (C=O) groups is 2. The highest BCUT2D eigenvalue weighted by Crippen LogP contribution is 2.24. The van der Waals surface area contributed by atoms with Gasteiger partial charge in [-0.3, -0.25) is 14.9 Å². The predicted octanol–water partition coefficient (Wildman–Crippen LogP) is 4.61. The van der Waals surface area contributed by atoms with Crippen molar-refractivity contribution >= 4 is 57.4 Å². The minimum Gasteiger partial charge on any atom is -0.298 e. The summed E-state index contributed by atoms with van der Waals surface area (Å²) in [6.45, 7) is 3.20. The molecule has 0 aliphatic rings. The van der Waals surface area contributed by atoms with E-state index in [0.29, 0.717) is 25.7 Å². The van der Waals surface area contributed by atoms with E-state index < -0.39 is 0 Å². The van der Waals surface area contributed by atoms with Gasteiger partial charge in [0.15, 0.2) is 10.9 Å². The van der Waals surface area contributed by atoms with Crippen LogP contribution in [-0.4, -0.2) is 16.7 Å². The summed E-state index contributed by atoms with van der Waals surface area (Å²) in [6.07, 6.45) is 2.98. The van der Waals surface area contributed by atoms with Crippen LogP contribution in [0.15, 0.2) is 24.3 Å². The molecule has 22 heavy (non-hydrogen) atoms. The largest absolute Gasteiger partial charge is 0.298 e. The van der Waals surface area contributed by atoms with E-state index in [1.165, 1.54) is 13.0 Å². The number of anilines is 1. The molecule has 1 aromatic carbocycles. The van der Waals surface area contributed by atoms with Crippen LogP contribution < -0.4 is 5.32 Å². The van der Waals surface area contributed by atoms with Crippen LogP contribution in [0.25, 0.3) is 6.08 Å². The van der Waals surface area contributed by atoms with E-state index in [9.17, 15) is 9.59 Å². The second kappa shape index (κ2) is 7.05. The van der Waals surface area contributed by atoms with Crippen LogP contribution >= 0.6 is 34.5 Å². The second-order valence-corrected chi connectivity index (χ2v) is 6.30. The smallest absolute Gasteiger partial charge is 0.250 e. The van der Waals surface area contributed by atoms with Crippen molar-refractivity contribution in [3.05, 3.63) is 50.5 Å². The van der Waals surface area contributed by atoms with Crippen molar-refractivity contribution < 1.29 is 9.59 Å². The molecular weight excluding hydrogens is 343 g/mol. The van der Waals surface area contributed by atoms with E-state index in [2.05, 4.69) is 10.3 Å². The lowest BCUT2D eigenvalue weighted by Gasteiger charge is -1.98. The van der Waals surface area contributed by atoms with Crippen LogP contribution in [0.4, 0.5) is 5.13 Å². The average molecular weight is 355 g/mol. The topological polar surface area (TPSA) is 59.1 Å². The minimum atomic E-state index is -0.338. The number of nitrogens with zero attached hydrogens (tertiary/aromatic N) is 1. The van der Waals surface area contributed by atoms with E-state index in [0.717, 1.165) is 16.9 Å². The molecule has 0 bridgehead atoms. The van der Waals surface area contributed by atoms with Gasteiger partial charge in [-0.1, -0.05) is 40.6 Å². The third kappa shape index (κ3) is 4.16. The number of hydrogen-bond acceptors (Lipinski definition) is 4. The number of carbonyl (C=O) groups excluding carboxylic acids is 2. The third-order valence-electron chi connectivity index (χ3n) is 2.72. The zero-order valence-corrected chi connectivity index (χ0v) is 14.1. The van der Waals surface area contributed by atoms with Crippen molar-refractivity contribution in [2.45, 2.75) is 13.8 Å². The van der Waals surface area contributed by atoms with Gasteiger partial charge >= 0.3 is 0 Å².